The molecular weight excluding hydrogens is 645 g/mol. The molecule has 1 atom stereocenters. The summed E-state index contributed by atoms with van der Waals surface area (Å²) in [7, 11) is 1.58. The minimum atomic E-state index is -4.47. The van der Waals surface area contributed by atoms with Gasteiger partial charge in [0.15, 0.2) is 0 Å². The number of carbonyl (C=O) groups is 2. The monoisotopic (exact) mass is 686 g/mol. The number of aromatic nitrogens is 1. The van der Waals surface area contributed by atoms with E-state index in [9.17, 15) is 22.8 Å². The van der Waals surface area contributed by atoms with Crippen LogP contribution in [-0.2, 0) is 40.0 Å². The van der Waals surface area contributed by atoms with Gasteiger partial charge in [-0.25, -0.2) is 4.98 Å². The quantitative estimate of drug-likeness (QED) is 0.118. The first-order valence-corrected chi connectivity index (χ1v) is 16.5. The van der Waals surface area contributed by atoms with Crippen molar-refractivity contribution in [2.45, 2.75) is 31.7 Å². The molecule has 262 valence electrons. The van der Waals surface area contributed by atoms with Gasteiger partial charge in [-0.15, -0.1) is 0 Å². The van der Waals surface area contributed by atoms with Crippen molar-refractivity contribution in [1.29, 1.82) is 0 Å². The van der Waals surface area contributed by atoms with Gasteiger partial charge in [-0.05, 0) is 40.5 Å². The number of rotatable bonds is 14. The number of methoxy groups -OCH3 is 1. The highest BCUT2D eigenvalue weighted by Gasteiger charge is 2.34. The first kappa shape index (κ1) is 36.3. The van der Waals surface area contributed by atoms with Crippen LogP contribution in [0, 0.1) is 0 Å². The highest BCUT2D eigenvalue weighted by Crippen LogP contribution is 2.29. The molecule has 4 aromatic rings. The number of benzene rings is 3. The zero-order valence-corrected chi connectivity index (χ0v) is 28.0. The third-order valence-corrected chi connectivity index (χ3v) is 8.49. The fraction of sp³-hybridized carbons (Fsp3) is 0.308. The molecular formula is C39H41F3N4O4. The van der Waals surface area contributed by atoms with Gasteiger partial charge in [0.1, 0.15) is 12.6 Å². The molecule has 2 heterocycles. The highest BCUT2D eigenvalue weighted by atomic mass is 19.4. The van der Waals surface area contributed by atoms with Crippen LogP contribution in [0.15, 0.2) is 109 Å². The van der Waals surface area contributed by atoms with Gasteiger partial charge in [-0.3, -0.25) is 14.5 Å². The van der Waals surface area contributed by atoms with Gasteiger partial charge in [0.25, 0.3) is 0 Å². The third-order valence-electron chi connectivity index (χ3n) is 8.49. The van der Waals surface area contributed by atoms with Crippen LogP contribution in [0.4, 0.5) is 13.2 Å². The second kappa shape index (κ2) is 17.6. The van der Waals surface area contributed by atoms with Crippen LogP contribution < -0.4 is 4.74 Å². The van der Waals surface area contributed by atoms with Crippen LogP contribution in [0.3, 0.4) is 0 Å². The third kappa shape index (κ3) is 10.5. The average molecular weight is 687 g/mol. The van der Waals surface area contributed by atoms with Gasteiger partial charge in [0.05, 0.1) is 12.2 Å². The Morgan fingerprint density at radius 2 is 1.50 bits per heavy atom. The lowest BCUT2D eigenvalue weighted by molar-refractivity contribution is -0.145. The van der Waals surface area contributed by atoms with Gasteiger partial charge >= 0.3 is 6.18 Å². The van der Waals surface area contributed by atoms with E-state index < -0.39 is 23.7 Å². The van der Waals surface area contributed by atoms with Gasteiger partial charge < -0.3 is 19.3 Å². The Hall–Kier alpha value is -5.00. The number of piperazine rings is 1. The normalized spacial score (nSPS) is 14.4. The van der Waals surface area contributed by atoms with E-state index in [0.717, 1.165) is 24.2 Å². The maximum Gasteiger partial charge on any atom is 0.416 e. The topological polar surface area (TPSA) is 75.2 Å². The van der Waals surface area contributed by atoms with E-state index in [0.29, 0.717) is 56.4 Å². The molecule has 1 saturated heterocycles. The average Bonchev–Trinajstić information content (AvgIpc) is 3.13. The van der Waals surface area contributed by atoms with Crippen molar-refractivity contribution in [2.24, 2.45) is 0 Å². The van der Waals surface area contributed by atoms with Crippen LogP contribution in [0.1, 0.15) is 27.8 Å². The number of hydrogen-bond donors (Lipinski definition) is 0. The minimum Gasteiger partial charge on any atom is -0.475 e. The van der Waals surface area contributed by atoms with Crippen molar-refractivity contribution < 1.29 is 32.2 Å². The Balaban J connectivity index is 1.40. The fourth-order valence-corrected chi connectivity index (χ4v) is 5.75. The standard InChI is InChI=1S/C39H41F3N4O4/c1-49-24-25-50-36-18-14-33(27-43-36)29-46(37(47)19-15-30-12-16-34(17-13-30)39(40,41)42)35(26-31-8-4-2-5-9-31)38(48)45-22-20-44(21-23-45)28-32-10-6-3-7-11-32/h2-19,27,35H,20-26,28-29H2,1H3/b19-15+/t35-/m0/s1. The first-order valence-electron chi connectivity index (χ1n) is 16.5. The van der Waals surface area contributed by atoms with Crippen molar-refractivity contribution in [1.82, 2.24) is 19.7 Å². The molecule has 0 spiro atoms. The summed E-state index contributed by atoms with van der Waals surface area (Å²) in [6.07, 6.45) is 0.184. The van der Waals surface area contributed by atoms with Gasteiger partial charge in [-0.2, -0.15) is 13.2 Å². The summed E-state index contributed by atoms with van der Waals surface area (Å²) < 4.78 is 50.0. The van der Waals surface area contributed by atoms with E-state index >= 15 is 0 Å². The largest absolute Gasteiger partial charge is 0.475 e. The molecule has 2 amide bonds. The molecule has 0 unspecified atom stereocenters. The molecule has 1 aliphatic heterocycles. The fourth-order valence-electron chi connectivity index (χ4n) is 5.75. The van der Waals surface area contributed by atoms with Crippen LogP contribution in [0.2, 0.25) is 0 Å². The molecule has 1 aromatic heterocycles. The number of alkyl halides is 3. The van der Waals surface area contributed by atoms with Crippen molar-refractivity contribution in [3.05, 3.63) is 137 Å². The second-order valence-corrected chi connectivity index (χ2v) is 12.1. The molecule has 0 aliphatic carbocycles. The molecule has 1 aliphatic rings. The molecule has 1 fully saturated rings. The molecule has 8 nitrogen and oxygen atoms in total. The summed E-state index contributed by atoms with van der Waals surface area (Å²) in [5, 5.41) is 0. The Labute approximate surface area is 290 Å². The van der Waals surface area contributed by atoms with Crippen LogP contribution in [0.25, 0.3) is 6.08 Å². The lowest BCUT2D eigenvalue weighted by Gasteiger charge is -2.39. The van der Waals surface area contributed by atoms with E-state index in [4.69, 9.17) is 9.47 Å². The Morgan fingerprint density at radius 3 is 2.10 bits per heavy atom. The number of halogens is 3. The number of hydrogen-bond acceptors (Lipinski definition) is 6. The van der Waals surface area contributed by atoms with E-state index in [-0.39, 0.29) is 18.9 Å². The smallest absolute Gasteiger partial charge is 0.416 e. The van der Waals surface area contributed by atoms with Crippen molar-refractivity contribution in [3.63, 3.8) is 0 Å². The first-order chi connectivity index (χ1) is 24.2. The Morgan fingerprint density at radius 1 is 0.840 bits per heavy atom. The van der Waals surface area contributed by atoms with Crippen LogP contribution >= 0.6 is 0 Å². The minimum absolute atomic E-state index is 0.0682. The summed E-state index contributed by atoms with van der Waals surface area (Å²) >= 11 is 0. The predicted octanol–water partition coefficient (Wildman–Crippen LogP) is 6.12. The van der Waals surface area contributed by atoms with E-state index in [1.165, 1.54) is 34.7 Å². The number of amides is 2. The van der Waals surface area contributed by atoms with E-state index in [2.05, 4.69) is 22.0 Å². The lowest BCUT2D eigenvalue weighted by atomic mass is 10.0. The van der Waals surface area contributed by atoms with Crippen LogP contribution in [-0.4, -0.2) is 84.0 Å². The zero-order valence-electron chi connectivity index (χ0n) is 28.0. The zero-order chi connectivity index (χ0) is 35.3. The summed E-state index contributed by atoms with van der Waals surface area (Å²) in [6, 6.07) is 26.9. The number of nitrogens with zero attached hydrogens (tertiary/aromatic N) is 4. The maximum absolute atomic E-state index is 14.4. The summed E-state index contributed by atoms with van der Waals surface area (Å²) in [5.41, 5.74) is 2.42. The van der Waals surface area contributed by atoms with Crippen molar-refractivity contribution in [2.75, 3.05) is 46.5 Å². The molecule has 50 heavy (non-hydrogen) atoms. The molecule has 5 rings (SSSR count). The summed E-state index contributed by atoms with van der Waals surface area (Å²) in [4.78, 5) is 38.6. The summed E-state index contributed by atoms with van der Waals surface area (Å²) in [5.74, 6) is -0.226. The number of ether oxygens (including phenoxy) is 2. The molecule has 0 saturated carbocycles. The van der Waals surface area contributed by atoms with Crippen molar-refractivity contribution in [3.8, 4) is 5.88 Å². The number of carbonyl (C=O) groups excluding carboxylic acids is 2. The number of pyridine rings is 1. The lowest BCUT2D eigenvalue weighted by Crippen LogP contribution is -2.56. The molecule has 0 radical (unpaired) electrons. The second-order valence-electron chi connectivity index (χ2n) is 12.1. The van der Waals surface area contributed by atoms with Gasteiger partial charge in [0.2, 0.25) is 17.7 Å². The van der Waals surface area contributed by atoms with Gasteiger partial charge in [-0.1, -0.05) is 78.9 Å². The molecule has 0 N–H and O–H groups in total. The molecule has 11 heteroatoms. The predicted molar refractivity (Wildman–Crippen MR) is 185 cm³/mol. The van der Waals surface area contributed by atoms with Crippen LogP contribution in [0.5, 0.6) is 5.88 Å². The summed E-state index contributed by atoms with van der Waals surface area (Å²) in [6.45, 7) is 3.98. The highest BCUT2D eigenvalue weighted by molar-refractivity contribution is 5.95. The van der Waals surface area contributed by atoms with Gasteiger partial charge in [0, 0.05) is 71.1 Å². The van der Waals surface area contributed by atoms with E-state index in [1.807, 2.05) is 53.4 Å². The van der Waals surface area contributed by atoms with E-state index in [1.54, 1.807) is 25.4 Å². The maximum atomic E-state index is 14.4. The molecule has 0 bridgehead atoms. The SMILES string of the molecule is COCCOc1ccc(CN(C(=O)/C=C/c2ccc(C(F)(F)F)cc2)[C@@H](Cc2ccccc2)C(=O)N2CCN(Cc3ccccc3)CC2)cn1. The Bertz CT molecular complexity index is 1680. The Kier molecular flexibility index (Phi) is 12.8. The van der Waals surface area contributed by atoms with Crippen molar-refractivity contribution >= 4 is 17.9 Å². The molecule has 3 aromatic carbocycles.